The summed E-state index contributed by atoms with van der Waals surface area (Å²) >= 11 is 0. The van der Waals surface area contributed by atoms with Crippen molar-refractivity contribution < 1.29 is 42.7 Å². The van der Waals surface area contributed by atoms with E-state index in [4.69, 9.17) is 44.6 Å². The zero-order chi connectivity index (χ0) is 32.8. The first-order chi connectivity index (χ1) is 21.7. The van der Waals surface area contributed by atoms with Crippen molar-refractivity contribution in [2.24, 2.45) is 11.5 Å². The number of nitrogens with two attached hydrogens (primary N) is 2. The van der Waals surface area contributed by atoms with E-state index in [1.54, 1.807) is 35.9 Å². The highest BCUT2D eigenvalue weighted by atomic mass is 16.5. The summed E-state index contributed by atoms with van der Waals surface area (Å²) < 4.78 is 40.3. The second kappa shape index (κ2) is 13.8. The molecule has 0 saturated carbocycles. The molecule has 238 valence electrons. The molecule has 2 amide bonds. The number of carbonyl (C=O) groups excluding carboxylic acids is 2. The molecule has 45 heavy (non-hydrogen) atoms. The second-order valence-corrected chi connectivity index (χ2v) is 9.75. The van der Waals surface area contributed by atoms with E-state index in [2.05, 4.69) is 0 Å². The maximum atomic E-state index is 13.4. The number of methoxy groups -OCH3 is 7. The predicted octanol–water partition coefficient (Wildman–Crippen LogP) is 4.32. The van der Waals surface area contributed by atoms with Gasteiger partial charge in [-0.3, -0.25) is 9.59 Å². The number of ether oxygens (including phenoxy) is 7. The molecule has 0 radical (unpaired) electrons. The normalized spacial score (nSPS) is 10.6. The first-order valence-corrected chi connectivity index (χ1v) is 13.8. The Kier molecular flexibility index (Phi) is 9.97. The summed E-state index contributed by atoms with van der Waals surface area (Å²) in [6.45, 7) is 0.185. The van der Waals surface area contributed by atoms with Crippen molar-refractivity contribution in [3.05, 3.63) is 65.5 Å². The van der Waals surface area contributed by atoms with Gasteiger partial charge in [0.2, 0.25) is 11.5 Å². The third-order valence-electron chi connectivity index (χ3n) is 7.42. The zero-order valence-electron chi connectivity index (χ0n) is 26.3. The molecular formula is C33H37N3O9. The van der Waals surface area contributed by atoms with E-state index < -0.39 is 11.8 Å². The summed E-state index contributed by atoms with van der Waals surface area (Å²) in [5.41, 5.74) is 14.8. The van der Waals surface area contributed by atoms with Gasteiger partial charge in [0.1, 0.15) is 17.1 Å². The lowest BCUT2D eigenvalue weighted by Crippen LogP contribution is -2.24. The minimum Gasteiger partial charge on any atom is -0.497 e. The van der Waals surface area contributed by atoms with E-state index >= 15 is 0 Å². The molecule has 0 aliphatic heterocycles. The summed E-state index contributed by atoms with van der Waals surface area (Å²) in [6, 6.07) is 14.1. The van der Waals surface area contributed by atoms with Gasteiger partial charge in [-0.25, -0.2) is 0 Å². The van der Waals surface area contributed by atoms with Crippen LogP contribution >= 0.6 is 0 Å². The van der Waals surface area contributed by atoms with Gasteiger partial charge in [0.25, 0.3) is 11.8 Å². The van der Waals surface area contributed by atoms with Crippen LogP contribution in [0.2, 0.25) is 0 Å². The van der Waals surface area contributed by atoms with Crippen molar-refractivity contribution in [3.8, 4) is 62.5 Å². The number of hydrogen-bond donors (Lipinski definition) is 2. The summed E-state index contributed by atoms with van der Waals surface area (Å²) in [7, 11) is 10.5. The third-order valence-corrected chi connectivity index (χ3v) is 7.42. The molecule has 12 nitrogen and oxygen atoms in total. The van der Waals surface area contributed by atoms with Crippen LogP contribution in [0.1, 0.15) is 26.5 Å². The number of nitrogens with zero attached hydrogens (tertiary/aromatic N) is 1. The van der Waals surface area contributed by atoms with Crippen molar-refractivity contribution >= 4 is 11.8 Å². The maximum Gasteiger partial charge on any atom is 0.266 e. The molecule has 0 spiro atoms. The van der Waals surface area contributed by atoms with Gasteiger partial charge in [-0.1, -0.05) is 12.1 Å². The van der Waals surface area contributed by atoms with Crippen LogP contribution in [0.3, 0.4) is 0 Å². The van der Waals surface area contributed by atoms with E-state index in [0.717, 1.165) is 5.56 Å². The van der Waals surface area contributed by atoms with E-state index in [-0.39, 0.29) is 17.9 Å². The highest BCUT2D eigenvalue weighted by Crippen LogP contribution is 2.49. The highest BCUT2D eigenvalue weighted by Gasteiger charge is 2.32. The lowest BCUT2D eigenvalue weighted by atomic mass is 9.93. The molecule has 0 atom stereocenters. The third kappa shape index (κ3) is 6.12. The quantitative estimate of drug-likeness (QED) is 0.210. The number of hydrogen-bond acceptors (Lipinski definition) is 9. The van der Waals surface area contributed by atoms with Gasteiger partial charge in [-0.2, -0.15) is 0 Å². The Morgan fingerprint density at radius 1 is 0.578 bits per heavy atom. The van der Waals surface area contributed by atoms with Crippen LogP contribution < -0.4 is 44.6 Å². The highest BCUT2D eigenvalue weighted by molar-refractivity contribution is 6.11. The first-order valence-electron chi connectivity index (χ1n) is 13.8. The second-order valence-electron chi connectivity index (χ2n) is 9.75. The van der Waals surface area contributed by atoms with Crippen molar-refractivity contribution in [3.63, 3.8) is 0 Å². The number of primary amides is 2. The van der Waals surface area contributed by atoms with Crippen molar-refractivity contribution in [2.75, 3.05) is 49.8 Å². The van der Waals surface area contributed by atoms with E-state index in [9.17, 15) is 9.59 Å². The van der Waals surface area contributed by atoms with Crippen LogP contribution in [0.4, 0.5) is 0 Å². The molecule has 0 saturated heterocycles. The lowest BCUT2D eigenvalue weighted by Gasteiger charge is -2.17. The fourth-order valence-electron chi connectivity index (χ4n) is 5.40. The lowest BCUT2D eigenvalue weighted by molar-refractivity contribution is 0.0986. The first kappa shape index (κ1) is 32.4. The summed E-state index contributed by atoms with van der Waals surface area (Å²) in [4.78, 5) is 26.8. The Balaban J connectivity index is 2.13. The number of benzene rings is 3. The van der Waals surface area contributed by atoms with Gasteiger partial charge < -0.3 is 49.2 Å². The van der Waals surface area contributed by atoms with Crippen LogP contribution in [0.25, 0.3) is 22.3 Å². The Morgan fingerprint density at radius 3 is 1.24 bits per heavy atom. The number of rotatable bonds is 14. The Labute approximate surface area is 261 Å². The minimum atomic E-state index is -0.783. The maximum absolute atomic E-state index is 13.4. The largest absolute Gasteiger partial charge is 0.497 e. The average molecular weight is 620 g/mol. The van der Waals surface area contributed by atoms with Crippen molar-refractivity contribution in [1.29, 1.82) is 0 Å². The van der Waals surface area contributed by atoms with Crippen LogP contribution in [0.5, 0.6) is 40.2 Å². The van der Waals surface area contributed by atoms with E-state index in [0.29, 0.717) is 68.9 Å². The summed E-state index contributed by atoms with van der Waals surface area (Å²) in [6.07, 6.45) is 0.433. The van der Waals surface area contributed by atoms with Crippen LogP contribution in [0, 0.1) is 0 Å². The zero-order valence-corrected chi connectivity index (χ0v) is 26.3. The molecule has 0 fully saturated rings. The SMILES string of the molecule is COc1ccc(CCn2c(C(N)=O)c(-c3cc(OC)c(OC)c(OC)c3)c(-c3cc(OC)c(OC)c(OC)c3)c2C(N)=O)cc1. The van der Waals surface area contributed by atoms with Gasteiger partial charge >= 0.3 is 0 Å². The number of aryl methyl sites for hydroxylation is 1. The monoisotopic (exact) mass is 619 g/mol. The molecule has 4 aromatic rings. The smallest absolute Gasteiger partial charge is 0.266 e. The Morgan fingerprint density at radius 2 is 0.956 bits per heavy atom. The van der Waals surface area contributed by atoms with Gasteiger partial charge in [-0.15, -0.1) is 0 Å². The Hall–Kier alpha value is -5.52. The molecule has 0 unspecified atom stereocenters. The van der Waals surface area contributed by atoms with Crippen molar-refractivity contribution in [1.82, 2.24) is 4.57 Å². The fourth-order valence-corrected chi connectivity index (χ4v) is 5.40. The predicted molar refractivity (Wildman–Crippen MR) is 168 cm³/mol. The van der Waals surface area contributed by atoms with Crippen molar-refractivity contribution in [2.45, 2.75) is 13.0 Å². The summed E-state index contributed by atoms with van der Waals surface area (Å²) in [5.74, 6) is 1.11. The topological polar surface area (TPSA) is 156 Å². The van der Waals surface area contributed by atoms with Crippen LogP contribution in [-0.4, -0.2) is 66.2 Å². The molecule has 0 aliphatic carbocycles. The molecule has 1 aromatic heterocycles. The molecule has 12 heteroatoms. The average Bonchev–Trinajstić information content (AvgIpc) is 3.41. The summed E-state index contributed by atoms with van der Waals surface area (Å²) in [5, 5.41) is 0. The molecular weight excluding hydrogens is 582 g/mol. The molecule has 1 heterocycles. The molecule has 4 rings (SSSR count). The van der Waals surface area contributed by atoms with E-state index in [1.165, 1.54) is 42.7 Å². The van der Waals surface area contributed by atoms with Gasteiger partial charge in [0.05, 0.1) is 49.8 Å². The van der Waals surface area contributed by atoms with Gasteiger partial charge in [0.15, 0.2) is 23.0 Å². The minimum absolute atomic E-state index is 0.0512. The molecule has 0 bridgehead atoms. The number of carbonyl (C=O) groups is 2. The molecule has 4 N–H and O–H groups in total. The van der Waals surface area contributed by atoms with Crippen LogP contribution in [-0.2, 0) is 13.0 Å². The number of aromatic nitrogens is 1. The number of amides is 2. The van der Waals surface area contributed by atoms with Gasteiger partial charge in [-0.05, 0) is 59.5 Å². The van der Waals surface area contributed by atoms with Crippen LogP contribution in [0.15, 0.2) is 48.5 Å². The molecule has 3 aromatic carbocycles. The van der Waals surface area contributed by atoms with Gasteiger partial charge in [0, 0.05) is 17.7 Å². The van der Waals surface area contributed by atoms with E-state index in [1.807, 2.05) is 24.3 Å². The Bertz CT molecular complexity index is 1560. The standard InChI is InChI=1S/C33H37N3O9/c1-39-21-10-8-18(9-11-21)12-13-36-28(32(34)37)26(19-14-22(40-2)30(44-6)23(15-19)41-3)27(29(36)33(35)38)20-16-24(42-4)31(45-7)25(17-20)43-5/h8-11,14-17H,12-13H2,1-7H3,(H2,34,37)(H2,35,38). The molecule has 0 aliphatic rings. The fraction of sp³-hybridized carbons (Fsp3) is 0.273.